The van der Waals surface area contributed by atoms with E-state index in [4.69, 9.17) is 4.74 Å². The van der Waals surface area contributed by atoms with Gasteiger partial charge in [-0.15, -0.1) is 10.2 Å². The number of thioether (sulfide) groups is 1. The predicted molar refractivity (Wildman–Crippen MR) is 128 cm³/mol. The topological polar surface area (TPSA) is 94.4 Å². The second-order valence-corrected chi connectivity index (χ2v) is 10.5. The largest absolute Gasteiger partial charge is 0.468 e. The molecule has 0 radical (unpaired) electrons. The quantitative estimate of drug-likeness (QED) is 0.317. The van der Waals surface area contributed by atoms with E-state index in [1.807, 2.05) is 54.8 Å². The summed E-state index contributed by atoms with van der Waals surface area (Å²) in [5.41, 5.74) is 1.65. The van der Waals surface area contributed by atoms with Crippen LogP contribution < -0.4 is 0 Å². The maximum Gasteiger partial charge on any atom is 0.318 e. The summed E-state index contributed by atoms with van der Waals surface area (Å²) < 4.78 is 34.2. The highest BCUT2D eigenvalue weighted by Gasteiger charge is 2.24. The first-order valence-electron chi connectivity index (χ1n) is 10.6. The van der Waals surface area contributed by atoms with Gasteiger partial charge in [0.1, 0.15) is 5.25 Å². The number of esters is 1. The van der Waals surface area contributed by atoms with E-state index in [1.165, 1.54) is 23.2 Å². The molecule has 0 spiro atoms. The Hall–Kier alpha value is -2.69. The third-order valence-corrected chi connectivity index (χ3v) is 8.26. The van der Waals surface area contributed by atoms with Gasteiger partial charge in [-0.1, -0.05) is 68.1 Å². The van der Waals surface area contributed by atoms with Crippen LogP contribution in [0.2, 0.25) is 0 Å². The van der Waals surface area contributed by atoms with Crippen LogP contribution in [0.15, 0.2) is 64.6 Å². The van der Waals surface area contributed by atoms with Crippen LogP contribution in [0, 0.1) is 0 Å². The summed E-state index contributed by atoms with van der Waals surface area (Å²) in [7, 11) is -2.27. The summed E-state index contributed by atoms with van der Waals surface area (Å²) in [5.74, 6) is 0.165. The van der Waals surface area contributed by atoms with Crippen molar-refractivity contribution in [3.63, 3.8) is 0 Å². The minimum atomic E-state index is -3.62. The molecule has 0 N–H and O–H groups in total. The summed E-state index contributed by atoms with van der Waals surface area (Å²) in [4.78, 5) is 12.2. The lowest BCUT2D eigenvalue weighted by molar-refractivity contribution is -0.139. The summed E-state index contributed by atoms with van der Waals surface area (Å²) in [6, 6.07) is 16.5. The van der Waals surface area contributed by atoms with Gasteiger partial charge >= 0.3 is 5.97 Å². The van der Waals surface area contributed by atoms with Crippen molar-refractivity contribution in [2.75, 3.05) is 20.2 Å². The Balaban J connectivity index is 2.06. The van der Waals surface area contributed by atoms with Gasteiger partial charge in [-0.25, -0.2) is 8.42 Å². The van der Waals surface area contributed by atoms with Gasteiger partial charge in [0, 0.05) is 18.7 Å². The van der Waals surface area contributed by atoms with Crippen molar-refractivity contribution in [3.8, 4) is 11.4 Å². The molecule has 176 valence electrons. The van der Waals surface area contributed by atoms with Gasteiger partial charge in [0.2, 0.25) is 10.0 Å². The molecule has 10 heteroatoms. The van der Waals surface area contributed by atoms with Crippen molar-refractivity contribution in [2.45, 2.75) is 42.6 Å². The number of sulfonamides is 1. The van der Waals surface area contributed by atoms with E-state index >= 15 is 0 Å². The number of nitrogens with zero attached hydrogens (tertiary/aromatic N) is 4. The Kier molecular flexibility index (Phi) is 8.28. The Bertz CT molecular complexity index is 1190. The number of carbonyl (C=O) groups is 1. The molecule has 0 fully saturated rings. The summed E-state index contributed by atoms with van der Waals surface area (Å²) >= 11 is 1.25. The third kappa shape index (κ3) is 5.63. The molecule has 0 aliphatic rings. The Morgan fingerprint density at radius 3 is 2.42 bits per heavy atom. The van der Waals surface area contributed by atoms with E-state index in [0.29, 0.717) is 36.2 Å². The number of hydrogen-bond acceptors (Lipinski definition) is 7. The van der Waals surface area contributed by atoms with Crippen LogP contribution >= 0.6 is 11.8 Å². The maximum absolute atomic E-state index is 13.0. The van der Waals surface area contributed by atoms with Crippen molar-refractivity contribution in [1.29, 1.82) is 0 Å². The first kappa shape index (κ1) is 24.9. The number of carbonyl (C=O) groups excluding carboxylic acids is 1. The zero-order valence-electron chi connectivity index (χ0n) is 19.1. The van der Waals surface area contributed by atoms with Gasteiger partial charge in [-0.05, 0) is 24.6 Å². The average molecular weight is 489 g/mol. The fourth-order valence-electron chi connectivity index (χ4n) is 3.38. The average Bonchev–Trinajstić information content (AvgIpc) is 3.21. The molecule has 0 saturated heterocycles. The van der Waals surface area contributed by atoms with Crippen molar-refractivity contribution in [1.82, 2.24) is 19.1 Å². The lowest BCUT2D eigenvalue weighted by atomic mass is 10.2. The first-order valence-corrected chi connectivity index (χ1v) is 13.0. The highest BCUT2D eigenvalue weighted by molar-refractivity contribution is 8.00. The SMILES string of the molecule is CCN(CC)S(=O)(=O)c1cccc(-c2nnc(SC(C)C(=O)OC)n2Cc2ccccc2)c1. The number of rotatable bonds is 10. The van der Waals surface area contributed by atoms with Crippen molar-refractivity contribution < 1.29 is 17.9 Å². The summed E-state index contributed by atoms with van der Waals surface area (Å²) in [6.45, 7) is 6.61. The molecule has 33 heavy (non-hydrogen) atoms. The molecule has 2 aromatic carbocycles. The summed E-state index contributed by atoms with van der Waals surface area (Å²) in [5, 5.41) is 8.74. The molecule has 0 amide bonds. The van der Waals surface area contributed by atoms with Crippen LogP contribution in [-0.4, -0.2) is 58.9 Å². The Morgan fingerprint density at radius 1 is 1.09 bits per heavy atom. The number of ether oxygens (including phenoxy) is 1. The lowest BCUT2D eigenvalue weighted by Gasteiger charge is -2.19. The van der Waals surface area contributed by atoms with Crippen LogP contribution in [0.25, 0.3) is 11.4 Å². The van der Waals surface area contributed by atoms with Crippen LogP contribution in [0.1, 0.15) is 26.3 Å². The normalized spacial score (nSPS) is 12.6. The van der Waals surface area contributed by atoms with Gasteiger partial charge < -0.3 is 4.74 Å². The number of aromatic nitrogens is 3. The maximum atomic E-state index is 13.0. The number of hydrogen-bond donors (Lipinski definition) is 0. The fourth-order valence-corrected chi connectivity index (χ4v) is 5.76. The van der Waals surface area contributed by atoms with Crippen LogP contribution in [0.4, 0.5) is 0 Å². The fraction of sp³-hybridized carbons (Fsp3) is 0.348. The van der Waals surface area contributed by atoms with Crippen LogP contribution in [0.5, 0.6) is 0 Å². The minimum absolute atomic E-state index is 0.204. The Labute approximate surface area is 199 Å². The zero-order chi connectivity index (χ0) is 24.0. The van der Waals surface area contributed by atoms with Crippen molar-refractivity contribution in [3.05, 3.63) is 60.2 Å². The molecule has 0 bridgehead atoms. The van der Waals surface area contributed by atoms with E-state index in [-0.39, 0.29) is 10.9 Å². The van der Waals surface area contributed by atoms with E-state index < -0.39 is 15.3 Å². The molecule has 8 nitrogen and oxygen atoms in total. The molecule has 3 rings (SSSR count). The molecule has 1 unspecified atom stereocenters. The van der Waals surface area contributed by atoms with Gasteiger partial charge in [0.15, 0.2) is 11.0 Å². The highest BCUT2D eigenvalue weighted by atomic mass is 32.2. The highest BCUT2D eigenvalue weighted by Crippen LogP contribution is 2.29. The van der Waals surface area contributed by atoms with Gasteiger partial charge in [0.25, 0.3) is 0 Å². The number of methoxy groups -OCH3 is 1. The molecule has 0 aliphatic heterocycles. The molecular formula is C23H28N4O4S2. The zero-order valence-corrected chi connectivity index (χ0v) is 20.8. The predicted octanol–water partition coefficient (Wildman–Crippen LogP) is 3.68. The van der Waals surface area contributed by atoms with E-state index in [0.717, 1.165) is 5.56 Å². The van der Waals surface area contributed by atoms with E-state index in [2.05, 4.69) is 10.2 Å². The third-order valence-electron chi connectivity index (χ3n) is 5.15. The molecule has 3 aromatic rings. The van der Waals surface area contributed by atoms with Gasteiger partial charge in [-0.3, -0.25) is 9.36 Å². The van der Waals surface area contributed by atoms with Crippen LogP contribution in [-0.2, 0) is 26.1 Å². The molecular weight excluding hydrogens is 460 g/mol. The monoisotopic (exact) mass is 488 g/mol. The van der Waals surface area contributed by atoms with Crippen molar-refractivity contribution >= 4 is 27.8 Å². The van der Waals surface area contributed by atoms with E-state index in [1.54, 1.807) is 25.1 Å². The van der Waals surface area contributed by atoms with Gasteiger partial charge in [0.05, 0.1) is 18.6 Å². The molecule has 0 aliphatic carbocycles. The molecule has 1 aromatic heterocycles. The first-order chi connectivity index (χ1) is 15.8. The lowest BCUT2D eigenvalue weighted by Crippen LogP contribution is -2.30. The van der Waals surface area contributed by atoms with E-state index in [9.17, 15) is 13.2 Å². The second kappa shape index (κ2) is 11.0. The smallest absolute Gasteiger partial charge is 0.318 e. The molecule has 1 atom stereocenters. The summed E-state index contributed by atoms with van der Waals surface area (Å²) in [6.07, 6.45) is 0. The minimum Gasteiger partial charge on any atom is -0.468 e. The Morgan fingerprint density at radius 2 is 1.79 bits per heavy atom. The molecule has 0 saturated carbocycles. The number of benzene rings is 2. The standard InChI is InChI=1S/C23H28N4O4S2/c1-5-26(6-2)33(29,30)20-14-10-13-19(15-20)21-24-25-23(32-17(3)22(28)31-4)27(21)16-18-11-8-7-9-12-18/h7-15,17H,5-6,16H2,1-4H3. The van der Waals surface area contributed by atoms with Crippen LogP contribution in [0.3, 0.4) is 0 Å². The molecule has 1 heterocycles. The van der Waals surface area contributed by atoms with Gasteiger partial charge in [-0.2, -0.15) is 4.31 Å². The van der Waals surface area contributed by atoms with Crippen molar-refractivity contribution in [2.24, 2.45) is 0 Å². The second-order valence-electron chi connectivity index (χ2n) is 7.28.